The maximum Gasteiger partial charge on any atom is 0.267 e. The summed E-state index contributed by atoms with van der Waals surface area (Å²) in [5.41, 5.74) is 8.04. The van der Waals surface area contributed by atoms with Gasteiger partial charge in [-0.1, -0.05) is 36.4 Å². The van der Waals surface area contributed by atoms with E-state index < -0.39 is 0 Å². The molecule has 1 heterocycles. The zero-order valence-electron chi connectivity index (χ0n) is 18.0. The highest BCUT2D eigenvalue weighted by Gasteiger charge is 2.15. The monoisotopic (exact) mass is 412 g/mol. The smallest absolute Gasteiger partial charge is 0.267 e. The van der Waals surface area contributed by atoms with E-state index in [1.54, 1.807) is 17.7 Å². The number of ether oxygens (including phenoxy) is 1. The maximum absolute atomic E-state index is 13.4. The number of nitrogens with zero attached hydrogens (tertiary/aromatic N) is 3. The minimum Gasteiger partial charge on any atom is -0.497 e. The second kappa shape index (κ2) is 8.44. The van der Waals surface area contributed by atoms with Crippen molar-refractivity contribution in [3.8, 4) is 11.4 Å². The molecule has 156 valence electrons. The average molecular weight is 412 g/mol. The molecule has 6 nitrogen and oxygen atoms in total. The molecule has 0 amide bonds. The van der Waals surface area contributed by atoms with Crippen LogP contribution in [0.1, 0.15) is 23.6 Å². The van der Waals surface area contributed by atoms with Gasteiger partial charge in [-0.05, 0) is 62.2 Å². The average Bonchev–Trinajstić information content (AvgIpc) is 2.80. The molecule has 0 atom stereocenters. The van der Waals surface area contributed by atoms with Gasteiger partial charge in [0, 0.05) is 5.56 Å². The van der Waals surface area contributed by atoms with Gasteiger partial charge in [0.15, 0.2) is 0 Å². The number of methoxy groups -OCH3 is 1. The van der Waals surface area contributed by atoms with E-state index in [0.29, 0.717) is 16.9 Å². The van der Waals surface area contributed by atoms with Crippen LogP contribution in [0.2, 0.25) is 0 Å². The summed E-state index contributed by atoms with van der Waals surface area (Å²) in [5.74, 6) is 1.11. The number of benzene rings is 3. The van der Waals surface area contributed by atoms with Crippen LogP contribution in [-0.2, 0) is 0 Å². The lowest BCUT2D eigenvalue weighted by atomic mass is 10.1. The number of nitrogens with one attached hydrogen (secondary N) is 1. The summed E-state index contributed by atoms with van der Waals surface area (Å²) >= 11 is 0. The van der Waals surface area contributed by atoms with E-state index in [1.807, 2.05) is 81.4 Å². The fourth-order valence-corrected chi connectivity index (χ4v) is 3.46. The van der Waals surface area contributed by atoms with Crippen molar-refractivity contribution >= 4 is 22.6 Å². The van der Waals surface area contributed by atoms with Crippen molar-refractivity contribution in [3.05, 3.63) is 93.8 Å². The number of hydrogen-bond acceptors (Lipinski definition) is 5. The number of hydrazone groups is 1. The first kappa shape index (κ1) is 20.3. The van der Waals surface area contributed by atoms with Gasteiger partial charge < -0.3 is 4.74 Å². The van der Waals surface area contributed by atoms with Gasteiger partial charge in [-0.25, -0.2) is 15.0 Å². The number of fused-ring (bicyclic) bond motifs is 1. The van der Waals surface area contributed by atoms with Crippen LogP contribution in [0.3, 0.4) is 0 Å². The van der Waals surface area contributed by atoms with E-state index in [0.717, 1.165) is 33.8 Å². The van der Waals surface area contributed by atoms with E-state index in [-0.39, 0.29) is 5.56 Å². The van der Waals surface area contributed by atoms with Crippen LogP contribution in [0, 0.1) is 13.8 Å². The first-order valence-electron chi connectivity index (χ1n) is 10.0. The molecule has 0 saturated carbocycles. The van der Waals surface area contributed by atoms with Gasteiger partial charge in [0.1, 0.15) is 5.75 Å². The Kier molecular flexibility index (Phi) is 5.54. The Balaban J connectivity index is 1.86. The van der Waals surface area contributed by atoms with Crippen molar-refractivity contribution < 1.29 is 4.74 Å². The Labute approximate surface area is 180 Å². The number of anilines is 1. The topological polar surface area (TPSA) is 68.5 Å². The summed E-state index contributed by atoms with van der Waals surface area (Å²) in [6, 6.07) is 20.9. The minimum absolute atomic E-state index is 0.143. The SMILES string of the molecule is COc1cccc(/C(C)=N\Nc2nc3ccccc3c(=O)n2-c2cccc(C)c2C)c1. The molecule has 0 aliphatic rings. The van der Waals surface area contributed by atoms with E-state index in [9.17, 15) is 4.79 Å². The fraction of sp³-hybridized carbons (Fsp3) is 0.160. The molecule has 0 radical (unpaired) electrons. The van der Waals surface area contributed by atoms with E-state index in [1.165, 1.54) is 0 Å². The summed E-state index contributed by atoms with van der Waals surface area (Å²) in [4.78, 5) is 18.1. The van der Waals surface area contributed by atoms with Gasteiger partial charge >= 0.3 is 0 Å². The molecule has 6 heteroatoms. The van der Waals surface area contributed by atoms with Gasteiger partial charge in [0.2, 0.25) is 5.95 Å². The van der Waals surface area contributed by atoms with Gasteiger partial charge in [-0.3, -0.25) is 4.79 Å². The van der Waals surface area contributed by atoms with Crippen molar-refractivity contribution in [2.24, 2.45) is 5.10 Å². The number of hydrogen-bond donors (Lipinski definition) is 1. The molecule has 1 N–H and O–H groups in total. The molecule has 0 fully saturated rings. The second-order valence-electron chi connectivity index (χ2n) is 7.35. The molecule has 0 saturated heterocycles. The first-order valence-corrected chi connectivity index (χ1v) is 10.0. The van der Waals surface area contributed by atoms with Crippen LogP contribution < -0.4 is 15.7 Å². The number of rotatable bonds is 5. The maximum atomic E-state index is 13.4. The Bertz CT molecular complexity index is 1360. The Morgan fingerprint density at radius 3 is 2.61 bits per heavy atom. The highest BCUT2D eigenvalue weighted by molar-refractivity contribution is 5.99. The highest BCUT2D eigenvalue weighted by Crippen LogP contribution is 2.21. The number of para-hydroxylation sites is 1. The third kappa shape index (κ3) is 3.92. The van der Waals surface area contributed by atoms with Crippen LogP contribution in [0.25, 0.3) is 16.6 Å². The summed E-state index contributed by atoms with van der Waals surface area (Å²) < 4.78 is 6.89. The van der Waals surface area contributed by atoms with Crippen LogP contribution in [0.15, 0.2) is 76.6 Å². The van der Waals surface area contributed by atoms with Crippen molar-refractivity contribution in [1.29, 1.82) is 0 Å². The molecule has 4 rings (SSSR count). The predicted octanol–water partition coefficient (Wildman–Crippen LogP) is 4.85. The molecule has 0 bridgehead atoms. The van der Waals surface area contributed by atoms with Crippen molar-refractivity contribution in [3.63, 3.8) is 0 Å². The molecular formula is C25H24N4O2. The molecular weight excluding hydrogens is 388 g/mol. The molecule has 0 aliphatic carbocycles. The lowest BCUT2D eigenvalue weighted by Gasteiger charge is -2.16. The highest BCUT2D eigenvalue weighted by atomic mass is 16.5. The third-order valence-electron chi connectivity index (χ3n) is 5.40. The Hall–Kier alpha value is -3.93. The Morgan fingerprint density at radius 2 is 1.81 bits per heavy atom. The van der Waals surface area contributed by atoms with E-state index in [4.69, 9.17) is 9.72 Å². The lowest BCUT2D eigenvalue weighted by molar-refractivity contribution is 0.414. The van der Waals surface area contributed by atoms with Crippen LogP contribution in [-0.4, -0.2) is 22.4 Å². The summed E-state index contributed by atoms with van der Waals surface area (Å²) in [5, 5.41) is 5.07. The standard InChI is InChI=1S/C25H24N4O2/c1-16-9-7-14-23(17(16)2)29-24(30)21-12-5-6-13-22(21)26-25(29)28-27-18(3)19-10-8-11-20(15-19)31-4/h5-15H,1-4H3,(H,26,28)/b27-18-. The van der Waals surface area contributed by atoms with Gasteiger partial charge in [0.25, 0.3) is 5.56 Å². The van der Waals surface area contributed by atoms with Crippen LogP contribution in [0.5, 0.6) is 5.75 Å². The zero-order chi connectivity index (χ0) is 22.0. The van der Waals surface area contributed by atoms with Crippen LogP contribution in [0.4, 0.5) is 5.95 Å². The molecule has 3 aromatic carbocycles. The van der Waals surface area contributed by atoms with Crippen molar-refractivity contribution in [2.75, 3.05) is 12.5 Å². The molecule has 1 aromatic heterocycles. The fourth-order valence-electron chi connectivity index (χ4n) is 3.46. The largest absolute Gasteiger partial charge is 0.497 e. The van der Waals surface area contributed by atoms with Crippen molar-refractivity contribution in [2.45, 2.75) is 20.8 Å². The number of aromatic nitrogens is 2. The molecule has 0 aliphatic heterocycles. The predicted molar refractivity (Wildman–Crippen MR) is 126 cm³/mol. The normalized spacial score (nSPS) is 11.5. The zero-order valence-corrected chi connectivity index (χ0v) is 18.0. The molecule has 0 unspecified atom stereocenters. The van der Waals surface area contributed by atoms with Gasteiger partial charge in [0.05, 0.1) is 29.4 Å². The Morgan fingerprint density at radius 1 is 1.03 bits per heavy atom. The van der Waals surface area contributed by atoms with Gasteiger partial charge in [-0.2, -0.15) is 5.10 Å². The quantitative estimate of drug-likeness (QED) is 0.376. The molecule has 4 aromatic rings. The summed E-state index contributed by atoms with van der Waals surface area (Å²) in [6.45, 7) is 5.92. The van der Waals surface area contributed by atoms with Crippen LogP contribution >= 0.6 is 0 Å². The van der Waals surface area contributed by atoms with Crippen molar-refractivity contribution in [1.82, 2.24) is 9.55 Å². The lowest BCUT2D eigenvalue weighted by Crippen LogP contribution is -2.24. The van der Waals surface area contributed by atoms with E-state index >= 15 is 0 Å². The molecule has 31 heavy (non-hydrogen) atoms. The summed E-state index contributed by atoms with van der Waals surface area (Å²) in [6.07, 6.45) is 0. The second-order valence-corrected chi connectivity index (χ2v) is 7.35. The third-order valence-corrected chi connectivity index (χ3v) is 5.40. The molecule has 0 spiro atoms. The number of aryl methyl sites for hydroxylation is 1. The minimum atomic E-state index is -0.143. The van der Waals surface area contributed by atoms with Gasteiger partial charge in [-0.15, -0.1) is 0 Å². The first-order chi connectivity index (χ1) is 15.0. The van der Waals surface area contributed by atoms with E-state index in [2.05, 4.69) is 10.5 Å². The summed E-state index contributed by atoms with van der Waals surface area (Å²) in [7, 11) is 1.63.